The Kier molecular flexibility index (Phi) is 5.15. The molecule has 32 heavy (non-hydrogen) atoms. The molecule has 0 aromatic carbocycles. The van der Waals surface area contributed by atoms with Crippen LogP contribution in [0.25, 0.3) is 0 Å². The number of hydrogen-bond donors (Lipinski definition) is 2. The Labute approximate surface area is 191 Å². The van der Waals surface area contributed by atoms with Crippen molar-refractivity contribution in [1.82, 2.24) is 15.0 Å². The molecule has 2 N–H and O–H groups in total. The molecule has 5 heterocycles. The summed E-state index contributed by atoms with van der Waals surface area (Å²) >= 11 is -1.08. The quantitative estimate of drug-likeness (QED) is 0.662. The number of rotatable bonds is 5. The van der Waals surface area contributed by atoms with Crippen LogP contribution in [-0.2, 0) is 30.6 Å². The third-order valence-electron chi connectivity index (χ3n) is 7.42. The van der Waals surface area contributed by atoms with Gasteiger partial charge in [-0.3, -0.25) is 0 Å². The summed E-state index contributed by atoms with van der Waals surface area (Å²) in [6.45, 7) is 3.82. The van der Waals surface area contributed by atoms with Gasteiger partial charge < -0.3 is 24.8 Å². The maximum absolute atomic E-state index is 12.7. The first kappa shape index (κ1) is 20.5. The Balaban J connectivity index is 1.28. The predicted molar refractivity (Wildman–Crippen MR) is 125 cm³/mol. The van der Waals surface area contributed by atoms with Crippen LogP contribution >= 0.6 is 0 Å². The van der Waals surface area contributed by atoms with E-state index in [1.54, 1.807) is 0 Å². The Morgan fingerprint density at radius 3 is 2.59 bits per heavy atom. The molecule has 1 saturated heterocycles. The van der Waals surface area contributed by atoms with Crippen molar-refractivity contribution in [3.8, 4) is 0 Å². The van der Waals surface area contributed by atoms with Crippen molar-refractivity contribution in [3.63, 3.8) is 0 Å². The van der Waals surface area contributed by atoms with Gasteiger partial charge in [0.1, 0.15) is 17.3 Å². The van der Waals surface area contributed by atoms with Gasteiger partial charge in [-0.25, -0.2) is 9.97 Å². The van der Waals surface area contributed by atoms with Crippen molar-refractivity contribution in [3.05, 3.63) is 29.1 Å². The van der Waals surface area contributed by atoms with E-state index in [1.807, 2.05) is 0 Å². The summed E-state index contributed by atoms with van der Waals surface area (Å²) in [6, 6.07) is 4.35. The number of fused-ring (bicyclic) bond motifs is 2. The highest BCUT2D eigenvalue weighted by atomic mass is 32.2. The smallest absolute Gasteiger partial charge is 0.228 e. The summed E-state index contributed by atoms with van der Waals surface area (Å²) < 4.78 is 12.7. The van der Waals surface area contributed by atoms with Crippen LogP contribution in [0.1, 0.15) is 49.1 Å². The number of nitrogens with zero attached hydrogens (tertiary/aromatic N) is 5. The minimum absolute atomic E-state index is 0.0653. The van der Waals surface area contributed by atoms with E-state index < -0.39 is 11.2 Å². The van der Waals surface area contributed by atoms with Gasteiger partial charge in [-0.15, -0.1) is 0 Å². The normalized spacial score (nSPS) is 23.6. The van der Waals surface area contributed by atoms with Crippen LogP contribution < -0.4 is 15.1 Å². The third-order valence-corrected chi connectivity index (χ3v) is 8.88. The van der Waals surface area contributed by atoms with E-state index in [-0.39, 0.29) is 12.1 Å². The second kappa shape index (κ2) is 8.04. The number of aromatic nitrogens is 3. The van der Waals surface area contributed by atoms with Gasteiger partial charge >= 0.3 is 0 Å². The number of nitrogens with one attached hydrogen (secondary N) is 1. The highest BCUT2D eigenvalue weighted by molar-refractivity contribution is 7.91. The number of aliphatic hydroxyl groups is 1. The molecule has 2 aromatic heterocycles. The van der Waals surface area contributed by atoms with Crippen molar-refractivity contribution in [1.29, 1.82) is 0 Å². The van der Waals surface area contributed by atoms with E-state index in [1.165, 1.54) is 24.1 Å². The van der Waals surface area contributed by atoms with Crippen LogP contribution in [0.3, 0.4) is 0 Å². The molecule has 8 nitrogen and oxygen atoms in total. The van der Waals surface area contributed by atoms with Crippen molar-refractivity contribution < 1.29 is 9.66 Å². The maximum Gasteiger partial charge on any atom is 0.228 e. The van der Waals surface area contributed by atoms with E-state index in [0.29, 0.717) is 23.9 Å². The van der Waals surface area contributed by atoms with E-state index >= 15 is 0 Å². The van der Waals surface area contributed by atoms with Gasteiger partial charge in [-0.2, -0.15) is 4.98 Å². The summed E-state index contributed by atoms with van der Waals surface area (Å²) in [5.41, 5.74) is 2.96. The zero-order chi connectivity index (χ0) is 21.7. The monoisotopic (exact) mass is 454 g/mol. The molecule has 3 aliphatic heterocycles. The minimum Gasteiger partial charge on any atom is -0.611 e. The molecule has 1 saturated carbocycles. The molecule has 1 atom stereocenters. The van der Waals surface area contributed by atoms with E-state index in [9.17, 15) is 9.66 Å². The first-order chi connectivity index (χ1) is 15.6. The zero-order valence-corrected chi connectivity index (χ0v) is 19.2. The molecular formula is C23H30N6O2S. The summed E-state index contributed by atoms with van der Waals surface area (Å²) in [4.78, 5) is 20.0. The van der Waals surface area contributed by atoms with E-state index in [0.717, 1.165) is 68.3 Å². The highest BCUT2D eigenvalue weighted by Gasteiger charge is 2.41. The Hall–Kier alpha value is -2.10. The molecule has 2 fully saturated rings. The molecule has 4 aliphatic rings. The van der Waals surface area contributed by atoms with Gasteiger partial charge in [0.2, 0.25) is 10.8 Å². The molecule has 170 valence electrons. The molecule has 0 amide bonds. The number of hydrogen-bond acceptors (Lipinski definition) is 8. The fourth-order valence-electron chi connectivity index (χ4n) is 5.29. The first-order valence-corrected chi connectivity index (χ1v) is 13.1. The van der Waals surface area contributed by atoms with Crippen LogP contribution in [0.5, 0.6) is 0 Å². The van der Waals surface area contributed by atoms with Gasteiger partial charge in [0.25, 0.3) is 0 Å². The van der Waals surface area contributed by atoms with Crippen LogP contribution in [0.2, 0.25) is 0 Å². The second-order valence-corrected chi connectivity index (χ2v) is 11.0. The lowest BCUT2D eigenvalue weighted by Crippen LogP contribution is -2.49. The first-order valence-electron chi connectivity index (χ1n) is 11.8. The molecule has 0 spiro atoms. The lowest BCUT2D eigenvalue weighted by molar-refractivity contribution is 0.143. The molecule has 0 unspecified atom stereocenters. The van der Waals surface area contributed by atoms with Crippen LogP contribution in [-0.4, -0.2) is 62.1 Å². The fraction of sp³-hybridized carbons (Fsp3) is 0.609. The molecule has 6 rings (SSSR count). The van der Waals surface area contributed by atoms with E-state index in [4.69, 9.17) is 15.0 Å². The average molecular weight is 455 g/mol. The largest absolute Gasteiger partial charge is 0.611 e. The lowest BCUT2D eigenvalue weighted by atomic mass is 9.77. The third kappa shape index (κ3) is 3.50. The number of anilines is 3. The second-order valence-electron chi connectivity index (χ2n) is 9.51. The van der Waals surface area contributed by atoms with Crippen molar-refractivity contribution in [2.75, 3.05) is 47.1 Å². The van der Waals surface area contributed by atoms with Gasteiger partial charge in [-0.05, 0) is 54.9 Å². The van der Waals surface area contributed by atoms with Crippen molar-refractivity contribution in [2.45, 2.75) is 61.9 Å². The molecule has 1 aliphatic carbocycles. The SMILES string of the molecule is [O-][S@+]1CCc2nc(N3CCc4nc(N5CCCC5)ccc4C3)nc(NC3(CO)CCC3)c21. The van der Waals surface area contributed by atoms with Gasteiger partial charge in [-0.1, -0.05) is 6.07 Å². The fourth-order valence-corrected chi connectivity index (χ4v) is 6.59. The van der Waals surface area contributed by atoms with Crippen LogP contribution in [0, 0.1) is 0 Å². The average Bonchev–Trinajstić information content (AvgIpc) is 3.46. The molecular weight excluding hydrogens is 424 g/mol. The number of pyridine rings is 1. The topological polar surface area (TPSA) is 100 Å². The molecule has 2 aromatic rings. The van der Waals surface area contributed by atoms with Gasteiger partial charge in [0.05, 0.1) is 12.1 Å². The summed E-state index contributed by atoms with van der Waals surface area (Å²) in [7, 11) is 0. The predicted octanol–water partition coefficient (Wildman–Crippen LogP) is 2.03. The van der Waals surface area contributed by atoms with Gasteiger partial charge in [0, 0.05) is 44.7 Å². The Morgan fingerprint density at radius 1 is 1.00 bits per heavy atom. The highest BCUT2D eigenvalue weighted by Crippen LogP contribution is 2.39. The van der Waals surface area contributed by atoms with Crippen molar-refractivity contribution in [2.24, 2.45) is 0 Å². The lowest BCUT2D eigenvalue weighted by Gasteiger charge is -2.41. The Morgan fingerprint density at radius 2 is 1.84 bits per heavy atom. The number of aliphatic hydroxyl groups excluding tert-OH is 1. The zero-order valence-electron chi connectivity index (χ0n) is 18.3. The van der Waals surface area contributed by atoms with Crippen LogP contribution in [0.15, 0.2) is 17.0 Å². The number of aryl methyl sites for hydroxylation is 1. The summed E-state index contributed by atoms with van der Waals surface area (Å²) in [6.07, 6.45) is 6.99. The summed E-state index contributed by atoms with van der Waals surface area (Å²) in [5, 5.41) is 13.4. The molecule has 0 bridgehead atoms. The van der Waals surface area contributed by atoms with Gasteiger partial charge in [0.15, 0.2) is 5.82 Å². The van der Waals surface area contributed by atoms with Crippen LogP contribution in [0.4, 0.5) is 17.6 Å². The Bertz CT molecular complexity index is 1020. The standard InChI is InChI=1S/C23H30N6O2S/c30-15-23(8-3-9-23)27-21-20-18(7-13-32(20)31)25-22(26-21)29-12-6-17-16(14-29)4-5-19(24-17)28-10-1-2-11-28/h4-5,30H,1-3,6-15H2,(H,25,26,27)/t32-/m1/s1. The summed E-state index contributed by atoms with van der Waals surface area (Å²) in [5.74, 6) is 3.04. The minimum atomic E-state index is -1.08. The van der Waals surface area contributed by atoms with E-state index in [2.05, 4.69) is 27.2 Å². The molecule has 0 radical (unpaired) electrons. The van der Waals surface area contributed by atoms with Crippen molar-refractivity contribution >= 4 is 28.8 Å². The maximum atomic E-state index is 12.7. The molecule has 9 heteroatoms.